The van der Waals surface area contributed by atoms with Gasteiger partial charge in [0.05, 0.1) is 0 Å². The number of hydrogen-bond acceptors (Lipinski definition) is 3. The summed E-state index contributed by atoms with van der Waals surface area (Å²) >= 11 is 5.79. The average Bonchev–Trinajstić information content (AvgIpc) is 3.41. The van der Waals surface area contributed by atoms with Crippen molar-refractivity contribution in [1.29, 1.82) is 0 Å². The van der Waals surface area contributed by atoms with Crippen molar-refractivity contribution in [2.75, 3.05) is 17.2 Å². The molecule has 2 aromatic rings. The van der Waals surface area contributed by atoms with Gasteiger partial charge in [-0.05, 0) is 61.4 Å². The van der Waals surface area contributed by atoms with Crippen molar-refractivity contribution in [3.8, 4) is 5.75 Å². The third-order valence-electron chi connectivity index (χ3n) is 3.57. The number of ether oxygens (including phenoxy) is 1. The van der Waals surface area contributed by atoms with Crippen LogP contribution >= 0.6 is 11.6 Å². The minimum atomic E-state index is -0.264. The van der Waals surface area contributed by atoms with E-state index in [-0.39, 0.29) is 24.3 Å². The zero-order chi connectivity index (χ0) is 16.9. The second-order valence-corrected chi connectivity index (χ2v) is 6.07. The predicted molar refractivity (Wildman–Crippen MR) is 93.4 cm³/mol. The van der Waals surface area contributed by atoms with Crippen LogP contribution in [0.1, 0.15) is 12.8 Å². The number of benzene rings is 2. The highest BCUT2D eigenvalue weighted by Gasteiger charge is 2.29. The molecule has 5 nitrogen and oxygen atoms in total. The van der Waals surface area contributed by atoms with Gasteiger partial charge in [-0.25, -0.2) is 0 Å². The molecule has 2 amide bonds. The van der Waals surface area contributed by atoms with E-state index in [4.69, 9.17) is 16.3 Å². The van der Waals surface area contributed by atoms with E-state index in [1.54, 1.807) is 48.5 Å². The third kappa shape index (κ3) is 4.73. The van der Waals surface area contributed by atoms with Crippen molar-refractivity contribution in [2.24, 2.45) is 5.92 Å². The second kappa shape index (κ2) is 7.36. The first kappa shape index (κ1) is 16.3. The minimum Gasteiger partial charge on any atom is -0.484 e. The fraction of sp³-hybridized carbons (Fsp3) is 0.222. The van der Waals surface area contributed by atoms with Crippen molar-refractivity contribution >= 4 is 34.8 Å². The van der Waals surface area contributed by atoms with Gasteiger partial charge in [-0.1, -0.05) is 11.6 Å². The molecular weight excluding hydrogens is 328 g/mol. The molecule has 1 fully saturated rings. The van der Waals surface area contributed by atoms with Gasteiger partial charge in [0, 0.05) is 22.3 Å². The Kier molecular flexibility index (Phi) is 5.01. The summed E-state index contributed by atoms with van der Waals surface area (Å²) in [6.07, 6.45) is 1.93. The van der Waals surface area contributed by atoms with E-state index in [1.165, 1.54) is 0 Å². The first-order valence-corrected chi connectivity index (χ1v) is 8.07. The topological polar surface area (TPSA) is 67.4 Å². The van der Waals surface area contributed by atoms with E-state index in [0.717, 1.165) is 18.5 Å². The van der Waals surface area contributed by atoms with E-state index in [0.29, 0.717) is 16.5 Å². The van der Waals surface area contributed by atoms with Crippen LogP contribution in [0.2, 0.25) is 5.02 Å². The molecule has 0 unspecified atom stereocenters. The minimum absolute atomic E-state index is 0.0585. The molecule has 6 heteroatoms. The number of rotatable bonds is 6. The van der Waals surface area contributed by atoms with Gasteiger partial charge < -0.3 is 15.4 Å². The van der Waals surface area contributed by atoms with Gasteiger partial charge in [-0.2, -0.15) is 0 Å². The highest BCUT2D eigenvalue weighted by Crippen LogP contribution is 2.30. The van der Waals surface area contributed by atoms with Gasteiger partial charge in [-0.3, -0.25) is 9.59 Å². The van der Waals surface area contributed by atoms with E-state index in [1.807, 2.05) is 0 Å². The van der Waals surface area contributed by atoms with Crippen molar-refractivity contribution < 1.29 is 14.3 Å². The Bertz CT molecular complexity index is 725. The monoisotopic (exact) mass is 344 g/mol. The first-order chi connectivity index (χ1) is 11.6. The molecule has 0 aromatic heterocycles. The van der Waals surface area contributed by atoms with Crippen LogP contribution in [0.3, 0.4) is 0 Å². The van der Waals surface area contributed by atoms with Gasteiger partial charge in [0.25, 0.3) is 5.91 Å². The van der Waals surface area contributed by atoms with Crippen LogP contribution < -0.4 is 15.4 Å². The lowest BCUT2D eigenvalue weighted by Crippen LogP contribution is -2.20. The molecule has 0 atom stereocenters. The molecule has 0 spiro atoms. The van der Waals surface area contributed by atoms with Crippen LogP contribution in [0.25, 0.3) is 0 Å². The van der Waals surface area contributed by atoms with Gasteiger partial charge >= 0.3 is 0 Å². The summed E-state index contributed by atoms with van der Waals surface area (Å²) in [5.41, 5.74) is 1.37. The molecule has 0 saturated heterocycles. The lowest BCUT2D eigenvalue weighted by molar-refractivity contribution is -0.118. The molecule has 124 valence electrons. The number of carbonyl (C=O) groups is 2. The van der Waals surface area contributed by atoms with E-state index in [2.05, 4.69) is 10.6 Å². The maximum absolute atomic E-state index is 11.9. The van der Waals surface area contributed by atoms with Gasteiger partial charge in [0.15, 0.2) is 6.61 Å². The molecule has 3 rings (SSSR count). The molecule has 2 aromatic carbocycles. The highest BCUT2D eigenvalue weighted by molar-refractivity contribution is 6.30. The summed E-state index contributed by atoms with van der Waals surface area (Å²) in [6.45, 7) is -0.0954. The van der Waals surface area contributed by atoms with Crippen LogP contribution in [-0.2, 0) is 9.59 Å². The van der Waals surface area contributed by atoms with Crippen LogP contribution in [0, 0.1) is 5.92 Å². The molecule has 24 heavy (non-hydrogen) atoms. The first-order valence-electron chi connectivity index (χ1n) is 7.69. The van der Waals surface area contributed by atoms with Gasteiger partial charge in [0.2, 0.25) is 5.91 Å². The Morgan fingerprint density at radius 1 is 0.958 bits per heavy atom. The SMILES string of the molecule is O=C(COc1ccc(Cl)cc1)Nc1ccc(NC(=O)C2CC2)cc1. The fourth-order valence-electron chi connectivity index (χ4n) is 2.10. The highest BCUT2D eigenvalue weighted by atomic mass is 35.5. The standard InChI is InChI=1S/C18H17ClN2O3/c19-13-3-9-16(10-4-13)24-11-17(22)20-14-5-7-15(8-6-14)21-18(23)12-1-2-12/h3-10,12H,1-2,11H2,(H,20,22)(H,21,23). The number of halogens is 1. The van der Waals surface area contributed by atoms with Gasteiger partial charge in [-0.15, -0.1) is 0 Å². The number of amides is 2. The van der Waals surface area contributed by atoms with Crippen molar-refractivity contribution in [2.45, 2.75) is 12.8 Å². The van der Waals surface area contributed by atoms with Crippen molar-refractivity contribution in [1.82, 2.24) is 0 Å². The molecule has 1 saturated carbocycles. The van der Waals surface area contributed by atoms with Crippen LogP contribution in [-0.4, -0.2) is 18.4 Å². The normalized spacial score (nSPS) is 13.2. The summed E-state index contributed by atoms with van der Waals surface area (Å²) < 4.78 is 5.38. The molecule has 0 heterocycles. The Morgan fingerprint density at radius 2 is 1.54 bits per heavy atom. The molecular formula is C18H17ClN2O3. The lowest BCUT2D eigenvalue weighted by Gasteiger charge is -2.09. The zero-order valence-electron chi connectivity index (χ0n) is 12.9. The predicted octanol–water partition coefficient (Wildman–Crippen LogP) is 3.71. The maximum atomic E-state index is 11.9. The molecule has 1 aliphatic rings. The Labute approximate surface area is 145 Å². The largest absolute Gasteiger partial charge is 0.484 e. The summed E-state index contributed by atoms with van der Waals surface area (Å²) in [7, 11) is 0. The van der Waals surface area contributed by atoms with Gasteiger partial charge in [0.1, 0.15) is 5.75 Å². The van der Waals surface area contributed by atoms with Crippen LogP contribution in [0.15, 0.2) is 48.5 Å². The molecule has 0 bridgehead atoms. The van der Waals surface area contributed by atoms with Crippen LogP contribution in [0.4, 0.5) is 11.4 Å². The zero-order valence-corrected chi connectivity index (χ0v) is 13.7. The van der Waals surface area contributed by atoms with Crippen molar-refractivity contribution in [3.63, 3.8) is 0 Å². The smallest absolute Gasteiger partial charge is 0.262 e. The molecule has 0 radical (unpaired) electrons. The van der Waals surface area contributed by atoms with E-state index >= 15 is 0 Å². The average molecular weight is 345 g/mol. The van der Waals surface area contributed by atoms with Crippen molar-refractivity contribution in [3.05, 3.63) is 53.6 Å². The number of carbonyl (C=O) groups excluding carboxylic acids is 2. The third-order valence-corrected chi connectivity index (χ3v) is 3.82. The molecule has 0 aliphatic heterocycles. The maximum Gasteiger partial charge on any atom is 0.262 e. The molecule has 2 N–H and O–H groups in total. The van der Waals surface area contributed by atoms with E-state index < -0.39 is 0 Å². The Balaban J connectivity index is 1.47. The summed E-state index contributed by atoms with van der Waals surface area (Å²) in [4.78, 5) is 23.6. The molecule has 1 aliphatic carbocycles. The Hall–Kier alpha value is -2.53. The number of hydrogen-bond donors (Lipinski definition) is 2. The summed E-state index contributed by atoms with van der Waals surface area (Å²) in [5, 5.41) is 6.20. The second-order valence-electron chi connectivity index (χ2n) is 5.63. The quantitative estimate of drug-likeness (QED) is 0.839. The number of anilines is 2. The number of nitrogens with one attached hydrogen (secondary N) is 2. The van der Waals surface area contributed by atoms with Crippen LogP contribution in [0.5, 0.6) is 5.75 Å². The lowest BCUT2D eigenvalue weighted by atomic mass is 10.2. The van der Waals surface area contributed by atoms with E-state index in [9.17, 15) is 9.59 Å². The summed E-state index contributed by atoms with van der Waals surface area (Å²) in [6, 6.07) is 13.8. The fourth-order valence-corrected chi connectivity index (χ4v) is 2.23. The summed E-state index contributed by atoms with van der Waals surface area (Å²) in [5.74, 6) is 0.532. The Morgan fingerprint density at radius 3 is 2.12 bits per heavy atom.